The topological polar surface area (TPSA) is 219 Å². The second-order valence-corrected chi connectivity index (χ2v) is 19.6. The third-order valence-corrected chi connectivity index (χ3v) is 16.1. The summed E-state index contributed by atoms with van der Waals surface area (Å²) < 4.78 is 24.1. The smallest absolute Gasteiger partial charge is 0.187 e. The molecule has 2 saturated heterocycles. The molecule has 6 rings (SSSR count). The minimum atomic E-state index is -1.79. The van der Waals surface area contributed by atoms with Crippen molar-refractivity contribution < 1.29 is 64.9 Å². The van der Waals surface area contributed by atoms with Gasteiger partial charge in [0.2, 0.25) is 0 Å². The number of rotatable bonds is 9. The van der Waals surface area contributed by atoms with Crippen LogP contribution in [0.3, 0.4) is 0 Å². The Morgan fingerprint density at radius 2 is 1.27 bits per heavy atom. The lowest BCUT2D eigenvalue weighted by Gasteiger charge is -2.71. The summed E-state index contributed by atoms with van der Waals surface area (Å²) in [5.41, 5.74) is 1.45. The van der Waals surface area contributed by atoms with Gasteiger partial charge in [-0.1, -0.05) is 57.9 Å². The van der Waals surface area contributed by atoms with Gasteiger partial charge in [0, 0.05) is 0 Å². The molecule has 20 atom stereocenters. The molecular weight excluding hydrogens is 712 g/mol. The molecule has 55 heavy (non-hydrogen) atoms. The van der Waals surface area contributed by atoms with Crippen molar-refractivity contribution in [3.8, 4) is 0 Å². The van der Waals surface area contributed by atoms with Gasteiger partial charge in [-0.3, -0.25) is 0 Å². The molecule has 4 aliphatic carbocycles. The van der Waals surface area contributed by atoms with E-state index >= 15 is 0 Å². The summed E-state index contributed by atoms with van der Waals surface area (Å²) in [5, 5.41) is 97.6. The van der Waals surface area contributed by atoms with Crippen LogP contribution in [0.5, 0.6) is 0 Å². The quantitative estimate of drug-likeness (QED) is 0.121. The average molecular weight is 783 g/mol. The molecule has 0 spiro atoms. The first-order valence-corrected chi connectivity index (χ1v) is 20.6. The molecular formula is C42H70O13. The van der Waals surface area contributed by atoms with Crippen molar-refractivity contribution in [1.29, 1.82) is 0 Å². The zero-order chi connectivity index (χ0) is 40.6. The Labute approximate surface area is 326 Å². The van der Waals surface area contributed by atoms with Gasteiger partial charge in [0.1, 0.15) is 48.8 Å². The average Bonchev–Trinajstić information content (AvgIpc) is 3.49. The van der Waals surface area contributed by atoms with Crippen LogP contribution in [-0.4, -0.2) is 139 Å². The molecule has 13 nitrogen and oxygen atoms in total. The van der Waals surface area contributed by atoms with Gasteiger partial charge < -0.3 is 64.9 Å². The van der Waals surface area contributed by atoms with Crippen molar-refractivity contribution in [2.75, 3.05) is 13.2 Å². The predicted molar refractivity (Wildman–Crippen MR) is 201 cm³/mol. The molecule has 6 fully saturated rings. The van der Waals surface area contributed by atoms with E-state index in [9.17, 15) is 46.0 Å². The summed E-state index contributed by atoms with van der Waals surface area (Å²) >= 11 is 0. The Morgan fingerprint density at radius 1 is 0.673 bits per heavy atom. The van der Waals surface area contributed by atoms with Crippen LogP contribution in [0, 0.1) is 45.3 Å². The van der Waals surface area contributed by atoms with Gasteiger partial charge in [-0.15, -0.1) is 0 Å². The Balaban J connectivity index is 1.26. The Bertz CT molecular complexity index is 1420. The third-order valence-electron chi connectivity index (χ3n) is 16.1. The van der Waals surface area contributed by atoms with Crippen LogP contribution in [-0.2, 0) is 18.9 Å². The zero-order valence-corrected chi connectivity index (χ0v) is 34.0. The molecule has 2 aliphatic heterocycles. The molecule has 0 unspecified atom stereocenters. The maximum absolute atomic E-state index is 12.2. The third kappa shape index (κ3) is 7.12. The maximum atomic E-state index is 12.2. The van der Waals surface area contributed by atoms with Crippen LogP contribution in [0.2, 0.25) is 0 Å². The first kappa shape index (κ1) is 43.5. The number of aliphatic hydroxyl groups excluding tert-OH is 9. The molecule has 6 aliphatic rings. The highest BCUT2D eigenvalue weighted by Gasteiger charge is 2.71. The van der Waals surface area contributed by atoms with Crippen molar-refractivity contribution in [2.45, 2.75) is 180 Å². The fourth-order valence-electron chi connectivity index (χ4n) is 13.1. The Kier molecular flexibility index (Phi) is 12.6. The van der Waals surface area contributed by atoms with Crippen LogP contribution in [0.4, 0.5) is 0 Å². The van der Waals surface area contributed by atoms with E-state index in [-0.39, 0.29) is 34.0 Å². The zero-order valence-electron chi connectivity index (χ0n) is 34.0. The fraction of sp³-hybridized carbons (Fsp3) is 0.905. The monoisotopic (exact) mass is 782 g/mol. The Morgan fingerprint density at radius 3 is 1.89 bits per heavy atom. The Hall–Kier alpha value is -1.04. The van der Waals surface area contributed by atoms with Crippen LogP contribution in [0.25, 0.3) is 0 Å². The summed E-state index contributed by atoms with van der Waals surface area (Å²) in [6.45, 7) is 16.3. The largest absolute Gasteiger partial charge is 0.394 e. The van der Waals surface area contributed by atoms with E-state index in [0.717, 1.165) is 32.1 Å². The second kappa shape index (κ2) is 15.9. The SMILES string of the molecule is CC(C)=CC/C=C(\C)[C@H]1CC[C@]2(C)[C@@H]1[C@H](O)C[C@@H]1[C@@]3(C)C[C@@H](O)[C@H](O[C@@H]4O[C@H](CO)[C@@H](O)[C@H](O)[C@H]4O[C@@H]4O[C@H](CO)[C@@H](O)[C@H](O)[C@H]4O)C(C)(C)[C@H]3CC[C@]12C. The van der Waals surface area contributed by atoms with Gasteiger partial charge in [0.05, 0.1) is 31.5 Å². The summed E-state index contributed by atoms with van der Waals surface area (Å²) in [5.74, 6) is 0.659. The normalized spacial score (nSPS) is 52.5. The molecule has 0 aromatic rings. The van der Waals surface area contributed by atoms with E-state index in [0.29, 0.717) is 18.8 Å². The lowest BCUT2D eigenvalue weighted by atomic mass is 9.35. The number of hydrogen-bond donors (Lipinski definition) is 9. The van der Waals surface area contributed by atoms with Crippen LogP contribution in [0.15, 0.2) is 23.3 Å². The molecule has 0 radical (unpaired) electrons. The summed E-state index contributed by atoms with van der Waals surface area (Å²) in [4.78, 5) is 0. The minimum absolute atomic E-state index is 0.0549. The number of fused-ring (bicyclic) bond motifs is 5. The van der Waals surface area contributed by atoms with E-state index in [1.165, 1.54) is 11.1 Å². The van der Waals surface area contributed by atoms with E-state index in [4.69, 9.17) is 18.9 Å². The standard InChI is InChI=1S/C42H70O13/c1-20(2)10-9-11-21(3)22-12-14-42(8)29(22)23(45)16-28-40(6)17-24(46)36(39(4,5)27(40)13-15-41(28,42)7)55-38-35(33(50)31(48)26(19-44)53-38)54-37-34(51)32(49)30(47)25(18-43)52-37/h10-11,22-38,43-51H,9,12-19H2,1-8H3/b21-11+/t22-,23-,24-,25-,26-,27-,28-,29+,30-,31-,32+,33+,34-,35-,36+,37+,38+,40+,41-,42-/m1/s1. The molecule has 4 saturated carbocycles. The summed E-state index contributed by atoms with van der Waals surface area (Å²) in [7, 11) is 0. The summed E-state index contributed by atoms with van der Waals surface area (Å²) in [6, 6.07) is 0. The number of hydrogen-bond acceptors (Lipinski definition) is 13. The lowest BCUT2D eigenvalue weighted by molar-refractivity contribution is -0.383. The van der Waals surface area contributed by atoms with E-state index in [1.807, 2.05) is 0 Å². The first-order chi connectivity index (χ1) is 25.7. The fourth-order valence-corrected chi connectivity index (χ4v) is 13.1. The molecule has 0 aromatic heterocycles. The highest BCUT2D eigenvalue weighted by Crippen LogP contribution is 2.75. The highest BCUT2D eigenvalue weighted by atomic mass is 16.8. The van der Waals surface area contributed by atoms with Gasteiger partial charge in [0.25, 0.3) is 0 Å². The predicted octanol–water partition coefficient (Wildman–Crippen LogP) is 1.93. The van der Waals surface area contributed by atoms with Gasteiger partial charge in [-0.2, -0.15) is 0 Å². The molecule has 13 heteroatoms. The van der Waals surface area contributed by atoms with Crippen LogP contribution >= 0.6 is 0 Å². The van der Waals surface area contributed by atoms with Gasteiger partial charge in [-0.05, 0) is 111 Å². The van der Waals surface area contributed by atoms with Crippen LogP contribution < -0.4 is 0 Å². The van der Waals surface area contributed by atoms with Crippen molar-refractivity contribution in [2.24, 2.45) is 45.3 Å². The summed E-state index contributed by atoms with van der Waals surface area (Å²) in [6.07, 6.45) is -7.67. The van der Waals surface area contributed by atoms with Crippen molar-refractivity contribution in [3.63, 3.8) is 0 Å². The van der Waals surface area contributed by atoms with Gasteiger partial charge in [0.15, 0.2) is 12.6 Å². The van der Waals surface area contributed by atoms with Crippen molar-refractivity contribution >= 4 is 0 Å². The van der Waals surface area contributed by atoms with Crippen LogP contribution in [0.1, 0.15) is 100 Å². The molecule has 0 bridgehead atoms. The molecule has 2 heterocycles. The van der Waals surface area contributed by atoms with Gasteiger partial charge >= 0.3 is 0 Å². The van der Waals surface area contributed by atoms with Crippen molar-refractivity contribution in [1.82, 2.24) is 0 Å². The first-order valence-electron chi connectivity index (χ1n) is 20.6. The van der Waals surface area contributed by atoms with E-state index in [2.05, 4.69) is 67.5 Å². The molecule has 0 amide bonds. The minimum Gasteiger partial charge on any atom is -0.394 e. The molecule has 0 aromatic carbocycles. The maximum Gasteiger partial charge on any atom is 0.187 e. The highest BCUT2D eigenvalue weighted by molar-refractivity contribution is 5.23. The van der Waals surface area contributed by atoms with Crippen molar-refractivity contribution in [3.05, 3.63) is 23.3 Å². The number of aliphatic hydroxyl groups is 9. The molecule has 9 N–H and O–H groups in total. The number of ether oxygens (including phenoxy) is 4. The second-order valence-electron chi connectivity index (χ2n) is 19.6. The lowest BCUT2D eigenvalue weighted by Crippen LogP contribution is -2.69. The molecule has 316 valence electrons. The van der Waals surface area contributed by atoms with E-state index in [1.54, 1.807) is 0 Å². The van der Waals surface area contributed by atoms with E-state index < -0.39 is 98.4 Å². The van der Waals surface area contributed by atoms with Gasteiger partial charge in [-0.25, -0.2) is 0 Å². The number of allylic oxidation sites excluding steroid dienone is 4.